The van der Waals surface area contributed by atoms with Gasteiger partial charge < -0.3 is 10.2 Å². The van der Waals surface area contributed by atoms with Gasteiger partial charge >= 0.3 is 0 Å². The quantitative estimate of drug-likeness (QED) is 0.926. The largest absolute Gasteiger partial charge is 0.338 e. The van der Waals surface area contributed by atoms with E-state index in [4.69, 9.17) is 5.26 Å². The third kappa shape index (κ3) is 3.94. The third-order valence-electron chi connectivity index (χ3n) is 4.50. The lowest BCUT2D eigenvalue weighted by molar-refractivity contribution is 0.102. The summed E-state index contributed by atoms with van der Waals surface area (Å²) in [6, 6.07) is 10.9. The normalized spacial score (nSPS) is 17.0. The van der Waals surface area contributed by atoms with E-state index in [1.807, 2.05) is 0 Å². The summed E-state index contributed by atoms with van der Waals surface area (Å²) < 4.78 is 0. The van der Waals surface area contributed by atoms with Crippen molar-refractivity contribution in [2.45, 2.75) is 38.6 Å². The molecule has 0 aliphatic carbocycles. The van der Waals surface area contributed by atoms with Crippen molar-refractivity contribution >= 4 is 17.5 Å². The van der Waals surface area contributed by atoms with Crippen molar-refractivity contribution in [2.24, 2.45) is 0 Å². The maximum absolute atomic E-state index is 12.5. The number of piperidine rings is 1. The smallest absolute Gasteiger partial charge is 0.274 e. The molecule has 1 aromatic heterocycles. The van der Waals surface area contributed by atoms with Gasteiger partial charge in [-0.2, -0.15) is 5.26 Å². The van der Waals surface area contributed by atoms with E-state index >= 15 is 0 Å². The second kappa shape index (κ2) is 7.75. The second-order valence-electron chi connectivity index (χ2n) is 6.14. The second-order valence-corrected chi connectivity index (χ2v) is 6.14. The zero-order chi connectivity index (χ0) is 17.6. The van der Waals surface area contributed by atoms with Crippen LogP contribution in [0.15, 0.2) is 36.5 Å². The van der Waals surface area contributed by atoms with Gasteiger partial charge in [0, 0.05) is 24.5 Å². The van der Waals surface area contributed by atoms with E-state index in [0.29, 0.717) is 28.9 Å². The Labute approximate surface area is 147 Å². The maximum atomic E-state index is 12.5. The Morgan fingerprint density at radius 3 is 2.84 bits per heavy atom. The van der Waals surface area contributed by atoms with Crippen molar-refractivity contribution in [3.63, 3.8) is 0 Å². The molecular formula is C19H21N5O. The molecule has 1 aliphatic heterocycles. The van der Waals surface area contributed by atoms with Gasteiger partial charge in [-0.1, -0.05) is 6.92 Å². The first-order valence-corrected chi connectivity index (χ1v) is 8.62. The minimum Gasteiger partial charge on any atom is -0.338 e. The van der Waals surface area contributed by atoms with Gasteiger partial charge in [0.05, 0.1) is 11.6 Å². The molecule has 1 fully saturated rings. The van der Waals surface area contributed by atoms with E-state index in [9.17, 15) is 4.79 Å². The fourth-order valence-corrected chi connectivity index (χ4v) is 3.12. The number of amides is 1. The average Bonchev–Trinajstić information content (AvgIpc) is 2.68. The standard InChI is InChI=1S/C19H21N5O/c1-2-16-5-3-4-12-24(16)19-21-11-10-17(23-19)18(25)22-15-8-6-14(13-20)7-9-15/h6-11,16H,2-5,12H2,1H3,(H,22,25). The zero-order valence-corrected chi connectivity index (χ0v) is 14.3. The van der Waals surface area contributed by atoms with E-state index in [1.54, 1.807) is 36.5 Å². The molecule has 1 N–H and O–H groups in total. The Morgan fingerprint density at radius 1 is 1.32 bits per heavy atom. The highest BCUT2D eigenvalue weighted by Gasteiger charge is 2.23. The number of anilines is 2. The van der Waals surface area contributed by atoms with E-state index < -0.39 is 0 Å². The van der Waals surface area contributed by atoms with Gasteiger partial charge in [-0.15, -0.1) is 0 Å². The molecule has 1 atom stereocenters. The molecule has 0 bridgehead atoms. The first-order valence-electron chi connectivity index (χ1n) is 8.62. The molecule has 3 rings (SSSR count). The number of nitrogens with one attached hydrogen (secondary N) is 1. The molecule has 1 aliphatic rings. The molecule has 1 aromatic carbocycles. The van der Waals surface area contributed by atoms with Crippen molar-refractivity contribution in [3.05, 3.63) is 47.8 Å². The van der Waals surface area contributed by atoms with Crippen LogP contribution in [0, 0.1) is 11.3 Å². The number of hydrogen-bond acceptors (Lipinski definition) is 5. The Balaban J connectivity index is 1.75. The van der Waals surface area contributed by atoms with Crippen LogP contribution in [-0.2, 0) is 0 Å². The molecule has 6 heteroatoms. The van der Waals surface area contributed by atoms with Crippen LogP contribution in [0.25, 0.3) is 0 Å². The number of nitriles is 1. The molecule has 2 heterocycles. The predicted octanol–water partition coefficient (Wildman–Crippen LogP) is 3.37. The van der Waals surface area contributed by atoms with Gasteiger partial charge in [-0.05, 0) is 56.0 Å². The highest BCUT2D eigenvalue weighted by atomic mass is 16.1. The number of nitrogens with zero attached hydrogens (tertiary/aromatic N) is 4. The van der Waals surface area contributed by atoms with Gasteiger partial charge in [0.15, 0.2) is 0 Å². The van der Waals surface area contributed by atoms with Crippen molar-refractivity contribution in [3.8, 4) is 6.07 Å². The monoisotopic (exact) mass is 335 g/mol. The molecule has 2 aromatic rings. The summed E-state index contributed by atoms with van der Waals surface area (Å²) in [6.45, 7) is 3.10. The van der Waals surface area contributed by atoms with Crippen LogP contribution in [-0.4, -0.2) is 28.5 Å². The van der Waals surface area contributed by atoms with Gasteiger partial charge in [-0.3, -0.25) is 4.79 Å². The Bertz CT molecular complexity index is 781. The highest BCUT2D eigenvalue weighted by molar-refractivity contribution is 6.03. The van der Waals surface area contributed by atoms with Crippen molar-refractivity contribution in [2.75, 3.05) is 16.8 Å². The number of carbonyl (C=O) groups is 1. The SMILES string of the molecule is CCC1CCCCN1c1nccc(C(=O)Nc2ccc(C#N)cc2)n1. The maximum Gasteiger partial charge on any atom is 0.274 e. The first-order chi connectivity index (χ1) is 12.2. The number of benzene rings is 1. The van der Waals surface area contributed by atoms with Crippen molar-refractivity contribution < 1.29 is 4.79 Å². The summed E-state index contributed by atoms with van der Waals surface area (Å²) in [5.41, 5.74) is 1.53. The lowest BCUT2D eigenvalue weighted by Gasteiger charge is -2.35. The number of rotatable bonds is 4. The first kappa shape index (κ1) is 16.9. The van der Waals surface area contributed by atoms with E-state index in [2.05, 4.69) is 33.2 Å². The third-order valence-corrected chi connectivity index (χ3v) is 4.50. The Kier molecular flexibility index (Phi) is 5.24. The lowest BCUT2D eigenvalue weighted by Crippen LogP contribution is -2.40. The van der Waals surface area contributed by atoms with Crippen LogP contribution in [0.4, 0.5) is 11.6 Å². The van der Waals surface area contributed by atoms with Crippen molar-refractivity contribution in [1.82, 2.24) is 9.97 Å². The number of aromatic nitrogens is 2. The summed E-state index contributed by atoms with van der Waals surface area (Å²) in [6.07, 6.45) is 6.18. The number of hydrogen-bond donors (Lipinski definition) is 1. The fourth-order valence-electron chi connectivity index (χ4n) is 3.12. The summed E-state index contributed by atoms with van der Waals surface area (Å²) in [5, 5.41) is 11.6. The van der Waals surface area contributed by atoms with Crippen LogP contribution < -0.4 is 10.2 Å². The van der Waals surface area contributed by atoms with Crippen LogP contribution in [0.1, 0.15) is 48.7 Å². The van der Waals surface area contributed by atoms with Crippen LogP contribution >= 0.6 is 0 Å². The van der Waals surface area contributed by atoms with Gasteiger partial charge in [0.25, 0.3) is 5.91 Å². The minimum absolute atomic E-state index is 0.279. The van der Waals surface area contributed by atoms with Gasteiger partial charge in [-0.25, -0.2) is 9.97 Å². The molecule has 25 heavy (non-hydrogen) atoms. The summed E-state index contributed by atoms with van der Waals surface area (Å²) in [7, 11) is 0. The van der Waals surface area contributed by atoms with Crippen LogP contribution in [0.5, 0.6) is 0 Å². The fraction of sp³-hybridized carbons (Fsp3) is 0.368. The lowest BCUT2D eigenvalue weighted by atomic mass is 10.0. The minimum atomic E-state index is -0.279. The summed E-state index contributed by atoms with van der Waals surface area (Å²) >= 11 is 0. The molecule has 0 radical (unpaired) electrons. The molecule has 128 valence electrons. The number of carbonyl (C=O) groups excluding carboxylic acids is 1. The molecule has 1 unspecified atom stereocenters. The van der Waals surface area contributed by atoms with Crippen LogP contribution in [0.3, 0.4) is 0 Å². The predicted molar refractivity (Wildman–Crippen MR) is 96.4 cm³/mol. The average molecular weight is 335 g/mol. The van der Waals surface area contributed by atoms with Crippen LogP contribution in [0.2, 0.25) is 0 Å². The zero-order valence-electron chi connectivity index (χ0n) is 14.3. The van der Waals surface area contributed by atoms with E-state index in [1.165, 1.54) is 6.42 Å². The van der Waals surface area contributed by atoms with Crippen molar-refractivity contribution in [1.29, 1.82) is 5.26 Å². The van der Waals surface area contributed by atoms with Gasteiger partial charge in [0.2, 0.25) is 5.95 Å². The highest BCUT2D eigenvalue weighted by Crippen LogP contribution is 2.23. The molecule has 1 saturated heterocycles. The topological polar surface area (TPSA) is 81.9 Å². The van der Waals surface area contributed by atoms with Gasteiger partial charge in [0.1, 0.15) is 5.69 Å². The Hall–Kier alpha value is -2.94. The molecule has 1 amide bonds. The molecule has 0 spiro atoms. The van der Waals surface area contributed by atoms with E-state index in [0.717, 1.165) is 25.8 Å². The molecule has 0 saturated carbocycles. The van der Waals surface area contributed by atoms with E-state index in [-0.39, 0.29) is 5.91 Å². The molecular weight excluding hydrogens is 314 g/mol. The molecule has 6 nitrogen and oxygen atoms in total. The summed E-state index contributed by atoms with van der Waals surface area (Å²) in [5.74, 6) is 0.345. The Morgan fingerprint density at radius 2 is 2.12 bits per heavy atom. The summed E-state index contributed by atoms with van der Waals surface area (Å²) in [4.78, 5) is 23.5.